The first-order chi connectivity index (χ1) is 24.2. The zero-order valence-corrected chi connectivity index (χ0v) is 39.9. The van der Waals surface area contributed by atoms with Crippen molar-refractivity contribution in [1.82, 2.24) is 9.13 Å². The third kappa shape index (κ3) is 22.4. The zero-order chi connectivity index (χ0) is 42.2. The van der Waals surface area contributed by atoms with Crippen LogP contribution < -0.4 is 0 Å². The van der Waals surface area contributed by atoms with Gasteiger partial charge in [-0.2, -0.15) is 0 Å². The molecule has 0 amide bonds. The van der Waals surface area contributed by atoms with Crippen molar-refractivity contribution in [3.05, 3.63) is 70.0 Å². The minimum absolute atomic E-state index is 0. The number of hydrogen-bond donors (Lipinski definition) is 1. The molecule has 0 aliphatic heterocycles. The minimum Gasteiger partial charge on any atom is -0.465 e. The molecule has 4 aromatic rings. The molecule has 2 radical (unpaired) electrons. The molecular weight excluding hydrogens is 785 g/mol. The Morgan fingerprint density at radius 1 is 0.649 bits per heavy atom. The number of benzene rings is 2. The second kappa shape index (κ2) is 23.3. The summed E-state index contributed by atoms with van der Waals surface area (Å²) in [7, 11) is 1.31. The van der Waals surface area contributed by atoms with Gasteiger partial charge in [0.05, 0.1) is 51.6 Å². The summed E-state index contributed by atoms with van der Waals surface area (Å²) >= 11 is 14.3. The molecule has 0 spiro atoms. The maximum Gasteiger partial charge on any atom is 0.419 e. The summed E-state index contributed by atoms with van der Waals surface area (Å²) in [6.07, 6.45) is 2.01. The number of ether oxygens (including phenoxy) is 4. The molecule has 16 heteroatoms. The van der Waals surface area contributed by atoms with Gasteiger partial charge in [-0.3, -0.25) is 9.13 Å². The van der Waals surface area contributed by atoms with E-state index in [-0.39, 0.29) is 47.6 Å². The van der Waals surface area contributed by atoms with Crippen molar-refractivity contribution in [2.45, 2.75) is 137 Å². The second-order valence-electron chi connectivity index (χ2n) is 17.8. The number of carbonyl (C=O) groups is 3. The van der Waals surface area contributed by atoms with E-state index < -0.39 is 29.4 Å². The Morgan fingerprint density at radius 2 is 1.00 bits per heavy atom. The number of fused-ring (bicyclic) bond motifs is 2. The average Bonchev–Trinajstić information content (AvgIpc) is 3.48. The van der Waals surface area contributed by atoms with Crippen molar-refractivity contribution in [3.63, 3.8) is 0 Å². The number of aliphatic hydroxyl groups is 1. The van der Waals surface area contributed by atoms with Crippen LogP contribution in [0.3, 0.4) is 0 Å². The molecule has 2 heterocycles. The number of carbonyl (C=O) groups excluding carboxylic acids is 3. The van der Waals surface area contributed by atoms with Crippen LogP contribution in [0.1, 0.15) is 120 Å². The number of esters is 1. The van der Waals surface area contributed by atoms with Gasteiger partial charge in [0, 0.05) is 42.0 Å². The van der Waals surface area contributed by atoms with E-state index in [9.17, 15) is 14.4 Å². The number of nitrogens with zero attached hydrogens (tertiary/aromatic N) is 2. The smallest absolute Gasteiger partial charge is 0.419 e. The van der Waals surface area contributed by atoms with Gasteiger partial charge in [0.25, 0.3) is 0 Å². The zero-order valence-electron chi connectivity index (χ0n) is 37.0. The van der Waals surface area contributed by atoms with E-state index in [0.717, 1.165) is 10.9 Å². The summed E-state index contributed by atoms with van der Waals surface area (Å²) in [5, 5.41) is 11.2. The van der Waals surface area contributed by atoms with Crippen molar-refractivity contribution in [2.24, 2.45) is 0 Å². The molecule has 12 nitrogen and oxygen atoms in total. The van der Waals surface area contributed by atoms with Gasteiger partial charge >= 0.3 is 18.2 Å². The van der Waals surface area contributed by atoms with Gasteiger partial charge in [0.1, 0.15) is 11.2 Å². The molecule has 0 atom stereocenters. The topological polar surface area (TPSA) is 181 Å². The van der Waals surface area contributed by atoms with E-state index in [1.807, 2.05) is 37.1 Å². The van der Waals surface area contributed by atoms with Crippen LogP contribution in [0, 0.1) is 0 Å². The van der Waals surface area contributed by atoms with E-state index in [1.54, 1.807) is 57.2 Å². The summed E-state index contributed by atoms with van der Waals surface area (Å²) in [5.41, 5.74) is 1.15. The summed E-state index contributed by atoms with van der Waals surface area (Å²) in [4.78, 5) is 35.8. The third-order valence-electron chi connectivity index (χ3n) is 5.97. The molecule has 0 bridgehead atoms. The van der Waals surface area contributed by atoms with E-state index in [4.69, 9.17) is 42.5 Å². The first-order valence-corrected chi connectivity index (χ1v) is 19.0. The molecule has 0 aliphatic rings. The Labute approximate surface area is 369 Å². The molecule has 4 rings (SSSR count). The first-order valence-electron chi connectivity index (χ1n) is 17.6. The van der Waals surface area contributed by atoms with Crippen LogP contribution in [0.25, 0.3) is 21.8 Å². The van der Waals surface area contributed by atoms with E-state index in [1.165, 1.54) is 28.6 Å². The SMILES string of the molecule is CC(C)(C)OC(=O)n1cc(Cl)c2cc(CO)ccc21.CC(C)(C)OC(C)(C)C.COC(=O)c1ccc2c(c1)c(Cl)cn2C(=O)OC(C)(C)C.C[C](C)(C)[AlH].O.O.[Li]. The molecule has 2 aromatic carbocycles. The monoisotopic (exact) mass is 848 g/mol. The fraction of sp³-hybridized carbons (Fsp3) is 0.537. The molecule has 2 aromatic heterocycles. The summed E-state index contributed by atoms with van der Waals surface area (Å²) in [5.74, 6) is -0.460. The molecule has 0 saturated heterocycles. The Hall–Kier alpha value is -2.52. The Kier molecular flexibility index (Phi) is 24.1. The van der Waals surface area contributed by atoms with Crippen molar-refractivity contribution in [1.29, 1.82) is 0 Å². The van der Waals surface area contributed by atoms with Gasteiger partial charge < -0.3 is 35.0 Å². The van der Waals surface area contributed by atoms with Crippen LogP contribution in [0.15, 0.2) is 48.8 Å². The third-order valence-corrected chi connectivity index (χ3v) is 6.57. The van der Waals surface area contributed by atoms with Crippen molar-refractivity contribution < 1.29 is 49.4 Å². The van der Waals surface area contributed by atoms with Gasteiger partial charge in [-0.15, -0.1) is 0 Å². The molecule has 5 N–H and O–H groups in total. The van der Waals surface area contributed by atoms with E-state index in [0.29, 0.717) is 36.3 Å². The van der Waals surface area contributed by atoms with Crippen molar-refractivity contribution >= 4 is 98.3 Å². The number of hydrogen-bond acceptors (Lipinski definition) is 8. The van der Waals surface area contributed by atoms with Crippen LogP contribution in [-0.2, 0) is 25.6 Å². The molecule has 0 unspecified atom stereocenters. The van der Waals surface area contributed by atoms with E-state index >= 15 is 0 Å². The molecule has 0 fully saturated rings. The van der Waals surface area contributed by atoms with Crippen LogP contribution in [-0.4, -0.2) is 108 Å². The molecule has 316 valence electrons. The van der Waals surface area contributed by atoms with Crippen LogP contribution in [0.5, 0.6) is 0 Å². The molecular formula is C41H64AlCl2LiN2O10. The fourth-order valence-corrected chi connectivity index (χ4v) is 5.11. The number of aliphatic hydroxyl groups excluding tert-OH is 1. The van der Waals surface area contributed by atoms with Gasteiger partial charge in [-0.1, -0.05) is 54.3 Å². The molecule has 0 aliphatic carbocycles. The molecule has 0 saturated carbocycles. The summed E-state index contributed by atoms with van der Waals surface area (Å²) in [6, 6.07) is 10.1. The Morgan fingerprint density at radius 3 is 1.30 bits per heavy atom. The number of methoxy groups -OCH3 is 1. The first kappa shape index (κ1) is 58.8. The normalized spacial score (nSPS) is 11.4. The van der Waals surface area contributed by atoms with Gasteiger partial charge in [0.2, 0.25) is 0 Å². The predicted octanol–water partition coefficient (Wildman–Crippen LogP) is 9.11. The largest absolute Gasteiger partial charge is 0.465 e. The van der Waals surface area contributed by atoms with Crippen molar-refractivity contribution in [2.75, 3.05) is 7.11 Å². The van der Waals surface area contributed by atoms with E-state index in [2.05, 4.69) is 67.1 Å². The maximum atomic E-state index is 12.2. The van der Waals surface area contributed by atoms with Crippen LogP contribution in [0.4, 0.5) is 9.59 Å². The fourth-order valence-electron chi connectivity index (χ4n) is 4.61. The second-order valence-corrected chi connectivity index (χ2v) is 20.7. The quantitative estimate of drug-likeness (QED) is 0.118. The summed E-state index contributed by atoms with van der Waals surface area (Å²) in [6.45, 7) is 29.7. The van der Waals surface area contributed by atoms with Crippen molar-refractivity contribution in [3.8, 4) is 0 Å². The van der Waals surface area contributed by atoms with Crippen LogP contribution in [0.2, 0.25) is 14.3 Å². The Balaban J connectivity index is -0.000000746. The maximum absolute atomic E-state index is 12.2. The molecule has 57 heavy (non-hydrogen) atoms. The van der Waals surface area contributed by atoms with Gasteiger partial charge in [-0.05, 0) is 119 Å². The number of halogens is 2. The van der Waals surface area contributed by atoms with Gasteiger partial charge in [-0.25, -0.2) is 14.4 Å². The van der Waals surface area contributed by atoms with Crippen LogP contribution >= 0.6 is 23.2 Å². The minimum atomic E-state index is -0.605. The standard InChI is InChI=1S/C15H16ClNO4.C14H16ClNO3.C8H18O.C4H9.Al.Li.2H2O.H/c1-15(2,3)21-14(19)17-8-11(16)10-7-9(13(18)20-4)5-6-12(10)17;1-14(2,3)19-13(18)16-7-11(15)10-6-9(8-17)4-5-12(10)16;1-7(2,3)9-8(4,5)6;1-4(2)3;;;;;/h5-8H,1-4H3;4-7,17H,8H2,1-3H3;1-6H3;1-3H3;;;2*1H2;. The number of rotatable bonds is 2. The van der Waals surface area contributed by atoms with Gasteiger partial charge in [0.15, 0.2) is 16.3 Å². The predicted molar refractivity (Wildman–Crippen MR) is 235 cm³/mol. The number of aromatic nitrogens is 2. The summed E-state index contributed by atoms with van der Waals surface area (Å²) < 4.78 is 24.2. The average molecular weight is 850 g/mol. The Bertz CT molecular complexity index is 1870.